The van der Waals surface area contributed by atoms with Crippen LogP contribution < -0.4 is 0 Å². The zero-order chi connectivity index (χ0) is 12.3. The van der Waals surface area contributed by atoms with Crippen LogP contribution in [0.15, 0.2) is 18.3 Å². The highest BCUT2D eigenvalue weighted by molar-refractivity contribution is 7.86. The average molecular weight is 243 g/mol. The van der Waals surface area contributed by atoms with Crippen LogP contribution in [-0.4, -0.2) is 25.4 Å². The van der Waals surface area contributed by atoms with Gasteiger partial charge in [0, 0.05) is 11.8 Å². The lowest BCUT2D eigenvalue weighted by Crippen LogP contribution is -2.12. The summed E-state index contributed by atoms with van der Waals surface area (Å²) in [7, 11) is -3.57. The largest absolute Gasteiger partial charge is 0.294 e. The Kier molecular flexibility index (Phi) is 3.77. The lowest BCUT2D eigenvalue weighted by atomic mass is 10.1. The summed E-state index contributed by atoms with van der Waals surface area (Å²) >= 11 is 0. The average Bonchev–Trinajstić information content (AvgIpc) is 2.15. The summed E-state index contributed by atoms with van der Waals surface area (Å²) in [5, 5.41) is 0. The van der Waals surface area contributed by atoms with E-state index in [1.165, 1.54) is 20.0 Å². The molecule has 6 heteroatoms. The van der Waals surface area contributed by atoms with Crippen molar-refractivity contribution in [2.45, 2.75) is 20.0 Å². The molecular weight excluding hydrogens is 230 g/mol. The number of hydrogen-bond donors (Lipinski definition) is 0. The van der Waals surface area contributed by atoms with Crippen LogP contribution in [0.25, 0.3) is 0 Å². The van der Waals surface area contributed by atoms with Crippen molar-refractivity contribution < 1.29 is 17.4 Å². The van der Waals surface area contributed by atoms with Crippen molar-refractivity contribution in [1.82, 2.24) is 4.98 Å². The highest BCUT2D eigenvalue weighted by Crippen LogP contribution is 2.20. The van der Waals surface area contributed by atoms with Gasteiger partial charge in [0.15, 0.2) is 5.78 Å². The number of Topliss-reactive ketones (excluding diaryl/α,β-unsaturated/α-hetero) is 1. The SMILES string of the molecule is CC(=O)c1cccnc1C(C)OS(C)(=O)=O. The van der Waals surface area contributed by atoms with E-state index in [0.717, 1.165) is 6.26 Å². The van der Waals surface area contributed by atoms with Gasteiger partial charge in [-0.25, -0.2) is 0 Å². The van der Waals surface area contributed by atoms with Crippen LogP contribution >= 0.6 is 0 Å². The third kappa shape index (κ3) is 3.39. The predicted molar refractivity (Wildman–Crippen MR) is 58.6 cm³/mol. The number of carbonyl (C=O) groups is 1. The Morgan fingerprint density at radius 3 is 2.62 bits per heavy atom. The van der Waals surface area contributed by atoms with E-state index in [9.17, 15) is 13.2 Å². The zero-order valence-corrected chi connectivity index (χ0v) is 10.1. The normalized spacial score (nSPS) is 13.4. The number of pyridine rings is 1. The Bertz CT molecular complexity index is 495. The molecule has 0 aliphatic rings. The molecule has 88 valence electrons. The quantitative estimate of drug-likeness (QED) is 0.589. The molecular formula is C10H13NO4S. The Morgan fingerprint density at radius 1 is 1.50 bits per heavy atom. The van der Waals surface area contributed by atoms with E-state index in [4.69, 9.17) is 4.18 Å². The van der Waals surface area contributed by atoms with Gasteiger partial charge in [-0.05, 0) is 26.0 Å². The van der Waals surface area contributed by atoms with Crippen molar-refractivity contribution in [2.24, 2.45) is 0 Å². The smallest absolute Gasteiger partial charge is 0.265 e. The molecule has 0 saturated carbocycles. The second kappa shape index (κ2) is 4.71. The molecule has 5 nitrogen and oxygen atoms in total. The summed E-state index contributed by atoms with van der Waals surface area (Å²) in [4.78, 5) is 15.3. The molecule has 0 amide bonds. The monoisotopic (exact) mass is 243 g/mol. The highest BCUT2D eigenvalue weighted by Gasteiger charge is 2.18. The van der Waals surface area contributed by atoms with E-state index < -0.39 is 16.2 Å². The molecule has 1 unspecified atom stereocenters. The highest BCUT2D eigenvalue weighted by atomic mass is 32.2. The summed E-state index contributed by atoms with van der Waals surface area (Å²) in [6.45, 7) is 2.93. The molecule has 0 bridgehead atoms. The molecule has 0 N–H and O–H groups in total. The number of rotatable bonds is 4. The first kappa shape index (κ1) is 12.8. The first-order chi connectivity index (χ1) is 7.31. The van der Waals surface area contributed by atoms with Gasteiger partial charge in [-0.15, -0.1) is 0 Å². The summed E-state index contributed by atoms with van der Waals surface area (Å²) in [6, 6.07) is 3.21. The molecule has 0 spiro atoms. The number of nitrogens with zero attached hydrogens (tertiary/aromatic N) is 1. The fourth-order valence-electron chi connectivity index (χ4n) is 1.35. The van der Waals surface area contributed by atoms with E-state index in [0.29, 0.717) is 11.3 Å². The van der Waals surface area contributed by atoms with E-state index in [1.54, 1.807) is 12.1 Å². The molecule has 1 heterocycles. The van der Waals surface area contributed by atoms with E-state index >= 15 is 0 Å². The van der Waals surface area contributed by atoms with Crippen LogP contribution in [-0.2, 0) is 14.3 Å². The minimum atomic E-state index is -3.57. The van der Waals surface area contributed by atoms with Crippen LogP contribution in [0.4, 0.5) is 0 Å². The van der Waals surface area contributed by atoms with Crippen LogP contribution in [0.1, 0.15) is 36.0 Å². The third-order valence-electron chi connectivity index (χ3n) is 1.92. The molecule has 1 rings (SSSR count). The maximum absolute atomic E-state index is 11.3. The standard InChI is InChI=1S/C10H13NO4S/c1-7(12)9-5-4-6-11-10(9)8(2)15-16(3,13)14/h4-6,8H,1-3H3. The number of aromatic nitrogens is 1. The number of hydrogen-bond acceptors (Lipinski definition) is 5. The maximum atomic E-state index is 11.3. The third-order valence-corrected chi connectivity index (χ3v) is 2.56. The van der Waals surface area contributed by atoms with E-state index in [-0.39, 0.29) is 5.78 Å². The van der Waals surface area contributed by atoms with Gasteiger partial charge < -0.3 is 0 Å². The van der Waals surface area contributed by atoms with Crippen molar-refractivity contribution in [3.05, 3.63) is 29.6 Å². The first-order valence-electron chi connectivity index (χ1n) is 4.65. The lowest BCUT2D eigenvalue weighted by molar-refractivity contribution is 0.101. The molecule has 0 aromatic carbocycles. The Morgan fingerprint density at radius 2 is 2.12 bits per heavy atom. The van der Waals surface area contributed by atoms with Gasteiger partial charge in [0.25, 0.3) is 10.1 Å². The number of ketones is 1. The summed E-state index contributed by atoms with van der Waals surface area (Å²) in [5.41, 5.74) is 0.707. The van der Waals surface area contributed by atoms with E-state index in [2.05, 4.69) is 4.98 Å². The first-order valence-corrected chi connectivity index (χ1v) is 6.47. The van der Waals surface area contributed by atoms with Gasteiger partial charge in [-0.2, -0.15) is 8.42 Å². The maximum Gasteiger partial charge on any atom is 0.265 e. The molecule has 1 atom stereocenters. The fourth-order valence-corrected chi connectivity index (χ4v) is 1.96. The molecule has 16 heavy (non-hydrogen) atoms. The second-order valence-corrected chi connectivity index (χ2v) is 5.04. The lowest BCUT2D eigenvalue weighted by Gasteiger charge is -2.12. The summed E-state index contributed by atoms with van der Waals surface area (Å²) < 4.78 is 26.7. The van der Waals surface area contributed by atoms with Crippen molar-refractivity contribution in [3.63, 3.8) is 0 Å². The van der Waals surface area contributed by atoms with Gasteiger partial charge >= 0.3 is 0 Å². The van der Waals surface area contributed by atoms with Gasteiger partial charge in [0.05, 0.1) is 11.9 Å². The van der Waals surface area contributed by atoms with Crippen molar-refractivity contribution in [3.8, 4) is 0 Å². The Hall–Kier alpha value is -1.27. The predicted octanol–water partition coefficient (Wildman–Crippen LogP) is 1.32. The van der Waals surface area contributed by atoms with Crippen LogP contribution in [0.3, 0.4) is 0 Å². The minimum Gasteiger partial charge on any atom is -0.294 e. The molecule has 0 aliphatic carbocycles. The van der Waals surface area contributed by atoms with Crippen LogP contribution in [0, 0.1) is 0 Å². The van der Waals surface area contributed by atoms with Gasteiger partial charge in [0.1, 0.15) is 6.10 Å². The van der Waals surface area contributed by atoms with E-state index in [1.807, 2.05) is 0 Å². The molecule has 0 radical (unpaired) electrons. The van der Waals surface area contributed by atoms with Crippen molar-refractivity contribution >= 4 is 15.9 Å². The molecule has 0 aliphatic heterocycles. The molecule has 1 aromatic rings. The van der Waals surface area contributed by atoms with Crippen LogP contribution in [0.5, 0.6) is 0 Å². The number of carbonyl (C=O) groups excluding carboxylic acids is 1. The minimum absolute atomic E-state index is 0.174. The second-order valence-electron chi connectivity index (χ2n) is 3.43. The Labute approximate surface area is 94.6 Å². The van der Waals surface area contributed by atoms with Crippen molar-refractivity contribution in [2.75, 3.05) is 6.26 Å². The van der Waals surface area contributed by atoms with Gasteiger partial charge in [0.2, 0.25) is 0 Å². The topological polar surface area (TPSA) is 73.3 Å². The fraction of sp³-hybridized carbons (Fsp3) is 0.400. The van der Waals surface area contributed by atoms with Crippen LogP contribution in [0.2, 0.25) is 0 Å². The van der Waals surface area contributed by atoms with Crippen molar-refractivity contribution in [1.29, 1.82) is 0 Å². The molecule has 0 saturated heterocycles. The van der Waals surface area contributed by atoms with Gasteiger partial charge in [-0.1, -0.05) is 0 Å². The zero-order valence-electron chi connectivity index (χ0n) is 9.30. The summed E-state index contributed by atoms with van der Waals surface area (Å²) in [6.07, 6.45) is 1.68. The molecule has 1 aromatic heterocycles. The summed E-state index contributed by atoms with van der Waals surface area (Å²) in [5.74, 6) is -0.174. The molecule has 0 fully saturated rings. The van der Waals surface area contributed by atoms with Gasteiger partial charge in [-0.3, -0.25) is 14.0 Å². The Balaban J connectivity index is 3.08.